The Kier molecular flexibility index (Phi) is 7.62. The Labute approximate surface area is 228 Å². The standard InChI is InChI=1S/C29H23ClN2O5S/c30-26(34)21-17-38-28-23(31-22(33)16-18-10-4-1-5-11-18)27(35)32(28)24(21)29(36)37-25(19-12-6-2-7-13-19)20-14-8-3-9-15-20/h1-15,17,23-25,28H,16H2,(H,31,33)/t23?,24?,28-/m1/s1. The van der Waals surface area contributed by atoms with Crippen LogP contribution in [-0.2, 0) is 30.3 Å². The van der Waals surface area contributed by atoms with Gasteiger partial charge in [-0.3, -0.25) is 14.4 Å². The molecule has 2 heterocycles. The summed E-state index contributed by atoms with van der Waals surface area (Å²) in [5, 5.41) is 2.81. The maximum absolute atomic E-state index is 13.6. The summed E-state index contributed by atoms with van der Waals surface area (Å²) in [6.45, 7) is 0. The highest BCUT2D eigenvalue weighted by Crippen LogP contribution is 2.41. The molecule has 0 spiro atoms. The molecule has 1 fully saturated rings. The molecule has 0 aromatic heterocycles. The van der Waals surface area contributed by atoms with Crippen molar-refractivity contribution in [3.8, 4) is 0 Å². The maximum Gasteiger partial charge on any atom is 0.334 e. The molecule has 1 N–H and O–H groups in total. The van der Waals surface area contributed by atoms with E-state index in [0.717, 1.165) is 28.5 Å². The minimum atomic E-state index is -1.32. The molecular formula is C29H23ClN2O5S. The third-order valence-corrected chi connectivity index (χ3v) is 7.79. The monoisotopic (exact) mass is 546 g/mol. The van der Waals surface area contributed by atoms with Crippen molar-refractivity contribution in [2.24, 2.45) is 0 Å². The number of rotatable bonds is 8. The molecule has 7 nitrogen and oxygen atoms in total. The Morgan fingerprint density at radius 2 is 1.45 bits per heavy atom. The second-order valence-corrected chi connectivity index (χ2v) is 10.2. The number of carbonyl (C=O) groups excluding carboxylic acids is 4. The van der Waals surface area contributed by atoms with Crippen LogP contribution in [0.1, 0.15) is 22.8 Å². The molecule has 5 rings (SSSR count). The quantitative estimate of drug-likeness (QED) is 0.261. The number of amides is 2. The van der Waals surface area contributed by atoms with Gasteiger partial charge in [-0.15, -0.1) is 11.8 Å². The molecule has 0 radical (unpaired) electrons. The van der Waals surface area contributed by atoms with E-state index in [1.54, 1.807) is 0 Å². The van der Waals surface area contributed by atoms with Crippen molar-refractivity contribution in [1.82, 2.24) is 10.2 Å². The lowest BCUT2D eigenvalue weighted by Crippen LogP contribution is -2.74. The number of fused-ring (bicyclic) bond motifs is 1. The number of nitrogens with one attached hydrogen (secondary N) is 1. The Balaban J connectivity index is 1.37. The van der Waals surface area contributed by atoms with Gasteiger partial charge in [0, 0.05) is 0 Å². The van der Waals surface area contributed by atoms with Gasteiger partial charge in [0.1, 0.15) is 11.4 Å². The summed E-state index contributed by atoms with van der Waals surface area (Å²) in [6, 6.07) is 25.4. The smallest absolute Gasteiger partial charge is 0.334 e. The number of thioether (sulfide) groups is 1. The van der Waals surface area contributed by atoms with E-state index < -0.39 is 40.7 Å². The predicted molar refractivity (Wildman–Crippen MR) is 144 cm³/mol. The number of esters is 1. The molecule has 0 saturated carbocycles. The zero-order chi connectivity index (χ0) is 26.6. The van der Waals surface area contributed by atoms with Crippen molar-refractivity contribution in [3.63, 3.8) is 0 Å². The normalized spacial score (nSPS) is 20.2. The van der Waals surface area contributed by atoms with Gasteiger partial charge in [0.2, 0.25) is 11.8 Å². The lowest BCUT2D eigenvalue weighted by Gasteiger charge is -2.51. The molecular weight excluding hydrogens is 524 g/mol. The summed E-state index contributed by atoms with van der Waals surface area (Å²) in [5.74, 6) is -1.58. The number of hydrogen-bond acceptors (Lipinski definition) is 6. The summed E-state index contributed by atoms with van der Waals surface area (Å²) >= 11 is 6.98. The summed E-state index contributed by atoms with van der Waals surface area (Å²) < 4.78 is 5.96. The van der Waals surface area contributed by atoms with Gasteiger partial charge in [0.25, 0.3) is 5.24 Å². The highest BCUT2D eigenvalue weighted by Gasteiger charge is 2.57. The fraction of sp³-hybridized carbons (Fsp3) is 0.172. The summed E-state index contributed by atoms with van der Waals surface area (Å²) in [6.07, 6.45) is -0.646. The topological polar surface area (TPSA) is 92.8 Å². The van der Waals surface area contributed by atoms with Gasteiger partial charge in [0.05, 0.1) is 12.0 Å². The van der Waals surface area contributed by atoms with Crippen LogP contribution in [-0.4, -0.2) is 45.4 Å². The second kappa shape index (κ2) is 11.2. The molecule has 9 heteroatoms. The van der Waals surface area contributed by atoms with Crippen molar-refractivity contribution < 1.29 is 23.9 Å². The first-order valence-corrected chi connectivity index (χ1v) is 13.3. The van der Waals surface area contributed by atoms with Gasteiger partial charge >= 0.3 is 5.97 Å². The van der Waals surface area contributed by atoms with Crippen LogP contribution in [0.3, 0.4) is 0 Å². The van der Waals surface area contributed by atoms with Crippen LogP contribution in [0.25, 0.3) is 0 Å². The fourth-order valence-electron chi connectivity index (χ4n) is 4.56. The Morgan fingerprint density at radius 1 is 0.895 bits per heavy atom. The first kappa shape index (κ1) is 25.8. The number of benzene rings is 3. The molecule has 0 aliphatic carbocycles. The number of nitrogens with zero attached hydrogens (tertiary/aromatic N) is 1. The molecule has 2 unspecified atom stereocenters. The van der Waals surface area contributed by atoms with E-state index in [-0.39, 0.29) is 17.9 Å². The Morgan fingerprint density at radius 3 is 2.00 bits per heavy atom. The van der Waals surface area contributed by atoms with Crippen molar-refractivity contribution in [1.29, 1.82) is 0 Å². The zero-order valence-corrected chi connectivity index (χ0v) is 21.6. The van der Waals surface area contributed by atoms with Crippen molar-refractivity contribution in [2.75, 3.05) is 0 Å². The molecule has 2 aliphatic rings. The van der Waals surface area contributed by atoms with E-state index in [1.165, 1.54) is 10.3 Å². The molecule has 2 amide bonds. The molecule has 3 atom stereocenters. The largest absolute Gasteiger partial charge is 0.451 e. The lowest BCUT2D eigenvalue weighted by molar-refractivity contribution is -0.165. The Bertz CT molecular complexity index is 1340. The van der Waals surface area contributed by atoms with Crippen molar-refractivity contribution >= 4 is 46.4 Å². The lowest BCUT2D eigenvalue weighted by atomic mass is 9.97. The highest BCUT2D eigenvalue weighted by molar-refractivity contribution is 8.03. The van der Waals surface area contributed by atoms with Crippen LogP contribution in [0.2, 0.25) is 0 Å². The molecule has 1 saturated heterocycles. The van der Waals surface area contributed by atoms with Gasteiger partial charge in [-0.05, 0) is 33.7 Å². The number of carbonyl (C=O) groups is 4. The van der Waals surface area contributed by atoms with Gasteiger partial charge < -0.3 is 15.0 Å². The number of hydrogen-bond donors (Lipinski definition) is 1. The molecule has 0 bridgehead atoms. The van der Waals surface area contributed by atoms with Crippen LogP contribution >= 0.6 is 23.4 Å². The number of halogens is 1. The first-order valence-electron chi connectivity index (χ1n) is 11.9. The van der Waals surface area contributed by atoms with Gasteiger partial charge in [-0.2, -0.15) is 0 Å². The summed E-state index contributed by atoms with van der Waals surface area (Å²) in [4.78, 5) is 52.9. The minimum Gasteiger partial charge on any atom is -0.451 e. The molecule has 3 aromatic rings. The fourth-order valence-corrected chi connectivity index (χ4v) is 6.00. The van der Waals surface area contributed by atoms with Crippen molar-refractivity contribution in [2.45, 2.75) is 30.0 Å². The molecule has 192 valence electrons. The summed E-state index contributed by atoms with van der Waals surface area (Å²) in [7, 11) is 0. The third-order valence-electron chi connectivity index (χ3n) is 6.40. The molecule has 38 heavy (non-hydrogen) atoms. The van der Waals surface area contributed by atoms with Gasteiger partial charge in [-0.25, -0.2) is 4.79 Å². The van der Waals surface area contributed by atoms with Crippen LogP contribution in [0.4, 0.5) is 0 Å². The Hall–Kier alpha value is -3.88. The van der Waals surface area contributed by atoms with Crippen LogP contribution < -0.4 is 5.32 Å². The van der Waals surface area contributed by atoms with Gasteiger partial charge in [0.15, 0.2) is 12.1 Å². The number of β-lactam (4-membered cyclic amide) rings is 1. The van der Waals surface area contributed by atoms with E-state index in [4.69, 9.17) is 16.3 Å². The van der Waals surface area contributed by atoms with Crippen molar-refractivity contribution in [3.05, 3.63) is 119 Å². The maximum atomic E-state index is 13.6. The van der Waals surface area contributed by atoms with E-state index in [2.05, 4.69) is 5.32 Å². The SMILES string of the molecule is O=C(Cc1ccccc1)NC1C(=O)N2C(C(=O)OC(c3ccccc3)c3ccccc3)C(C(=O)Cl)=CS[C@H]12. The van der Waals surface area contributed by atoms with E-state index in [1.807, 2.05) is 91.0 Å². The van der Waals surface area contributed by atoms with Crippen LogP contribution in [0, 0.1) is 0 Å². The molecule has 2 aliphatic heterocycles. The van der Waals surface area contributed by atoms with E-state index in [9.17, 15) is 19.2 Å². The first-order chi connectivity index (χ1) is 18.4. The summed E-state index contributed by atoms with van der Waals surface area (Å²) in [5.41, 5.74) is 2.24. The second-order valence-electron chi connectivity index (χ2n) is 8.87. The number of ether oxygens (including phenoxy) is 1. The van der Waals surface area contributed by atoms with Gasteiger partial charge in [-0.1, -0.05) is 91.0 Å². The highest BCUT2D eigenvalue weighted by atomic mass is 35.5. The predicted octanol–water partition coefficient (Wildman–Crippen LogP) is 3.98. The van der Waals surface area contributed by atoms with E-state index in [0.29, 0.717) is 0 Å². The van der Waals surface area contributed by atoms with Crippen LogP contribution in [0.5, 0.6) is 0 Å². The zero-order valence-electron chi connectivity index (χ0n) is 20.0. The minimum absolute atomic E-state index is 0.0415. The third kappa shape index (κ3) is 5.23. The van der Waals surface area contributed by atoms with Crippen LogP contribution in [0.15, 0.2) is 102 Å². The average Bonchev–Trinajstić information content (AvgIpc) is 2.95. The average molecular weight is 547 g/mol. The van der Waals surface area contributed by atoms with E-state index >= 15 is 0 Å². The molecule has 3 aromatic carbocycles.